The summed E-state index contributed by atoms with van der Waals surface area (Å²) in [6.45, 7) is 0. The van der Waals surface area contributed by atoms with Crippen LogP contribution in [-0.2, 0) is 5.54 Å². The molecule has 1 fully saturated rings. The summed E-state index contributed by atoms with van der Waals surface area (Å²) < 4.78 is 2.05. The number of amidine groups is 1. The third kappa shape index (κ3) is 1.18. The molecule has 2 rings (SSSR count). The molecule has 0 aromatic carbocycles. The fourth-order valence-corrected chi connectivity index (χ4v) is 2.32. The van der Waals surface area contributed by atoms with Crippen molar-refractivity contribution in [1.82, 2.24) is 4.57 Å². The molecule has 3 N–H and O–H groups in total. The van der Waals surface area contributed by atoms with Crippen molar-refractivity contribution >= 4 is 5.84 Å². The maximum Gasteiger partial charge on any atom is 0.165 e. The second kappa shape index (κ2) is 3.36. The molecule has 1 aromatic heterocycles. The third-order valence-electron chi connectivity index (χ3n) is 3.11. The first kappa shape index (κ1) is 9.12. The highest BCUT2D eigenvalue weighted by Gasteiger charge is 2.39. The third-order valence-corrected chi connectivity index (χ3v) is 3.11. The SMILES string of the molecule is NC(=NO)C1(n2cccc2)CCCC1. The number of hydrogen-bond acceptors (Lipinski definition) is 2. The van der Waals surface area contributed by atoms with Gasteiger partial charge in [0.2, 0.25) is 0 Å². The molecule has 0 saturated heterocycles. The predicted molar refractivity (Wildman–Crippen MR) is 54.3 cm³/mol. The molecule has 1 aliphatic carbocycles. The first-order valence-electron chi connectivity index (χ1n) is 4.91. The maximum absolute atomic E-state index is 8.81. The molecule has 14 heavy (non-hydrogen) atoms. The van der Waals surface area contributed by atoms with Gasteiger partial charge in [-0.15, -0.1) is 0 Å². The summed E-state index contributed by atoms with van der Waals surface area (Å²) in [6, 6.07) is 3.93. The number of oxime groups is 1. The maximum atomic E-state index is 8.81. The first-order valence-corrected chi connectivity index (χ1v) is 4.91. The summed E-state index contributed by atoms with van der Waals surface area (Å²) >= 11 is 0. The zero-order chi connectivity index (χ0) is 10.0. The van der Waals surface area contributed by atoms with Gasteiger partial charge in [0, 0.05) is 12.4 Å². The Hall–Kier alpha value is -1.45. The van der Waals surface area contributed by atoms with Gasteiger partial charge < -0.3 is 15.5 Å². The molecule has 76 valence electrons. The molecule has 4 nitrogen and oxygen atoms in total. The minimum atomic E-state index is -0.280. The molecule has 0 bridgehead atoms. The molecule has 1 heterocycles. The summed E-state index contributed by atoms with van der Waals surface area (Å²) in [5, 5.41) is 12.0. The standard InChI is InChI=1S/C10H15N3O/c11-9(12-14)10(5-1-2-6-10)13-7-3-4-8-13/h3-4,7-8,14H,1-2,5-6H2,(H2,11,12). The molecular formula is C10H15N3O. The molecule has 0 atom stereocenters. The van der Waals surface area contributed by atoms with Gasteiger partial charge in [0.1, 0.15) is 5.54 Å². The Bertz CT molecular complexity index is 323. The van der Waals surface area contributed by atoms with Gasteiger partial charge in [-0.05, 0) is 25.0 Å². The summed E-state index contributed by atoms with van der Waals surface area (Å²) in [5.41, 5.74) is 5.50. The van der Waals surface area contributed by atoms with E-state index in [2.05, 4.69) is 9.72 Å². The van der Waals surface area contributed by atoms with Crippen LogP contribution in [0.4, 0.5) is 0 Å². The van der Waals surface area contributed by atoms with Gasteiger partial charge in [-0.25, -0.2) is 0 Å². The summed E-state index contributed by atoms with van der Waals surface area (Å²) in [7, 11) is 0. The second-order valence-corrected chi connectivity index (χ2v) is 3.81. The summed E-state index contributed by atoms with van der Waals surface area (Å²) in [5.74, 6) is 0.325. The molecule has 0 aliphatic heterocycles. The minimum Gasteiger partial charge on any atom is -0.409 e. The fraction of sp³-hybridized carbons (Fsp3) is 0.500. The van der Waals surface area contributed by atoms with Crippen molar-refractivity contribution in [2.75, 3.05) is 0 Å². The van der Waals surface area contributed by atoms with Gasteiger partial charge in [0.25, 0.3) is 0 Å². The molecule has 1 aromatic rings. The molecular weight excluding hydrogens is 178 g/mol. The topological polar surface area (TPSA) is 63.5 Å². The van der Waals surface area contributed by atoms with Gasteiger partial charge >= 0.3 is 0 Å². The van der Waals surface area contributed by atoms with Crippen molar-refractivity contribution in [2.24, 2.45) is 10.9 Å². The van der Waals surface area contributed by atoms with Crippen molar-refractivity contribution in [3.8, 4) is 0 Å². The number of aromatic nitrogens is 1. The van der Waals surface area contributed by atoms with Gasteiger partial charge in [0.05, 0.1) is 0 Å². The highest BCUT2D eigenvalue weighted by Crippen LogP contribution is 2.36. The lowest BCUT2D eigenvalue weighted by Gasteiger charge is -2.29. The molecule has 1 aliphatic rings. The van der Waals surface area contributed by atoms with E-state index in [0.717, 1.165) is 25.7 Å². The lowest BCUT2D eigenvalue weighted by atomic mass is 9.96. The quantitative estimate of drug-likeness (QED) is 0.323. The normalized spacial score (nSPS) is 21.3. The first-order chi connectivity index (χ1) is 6.79. The van der Waals surface area contributed by atoms with E-state index >= 15 is 0 Å². The van der Waals surface area contributed by atoms with Gasteiger partial charge in [-0.3, -0.25) is 0 Å². The Kier molecular flexibility index (Phi) is 2.19. The van der Waals surface area contributed by atoms with E-state index in [1.54, 1.807) is 0 Å². The van der Waals surface area contributed by atoms with Gasteiger partial charge in [-0.2, -0.15) is 0 Å². The van der Waals surface area contributed by atoms with Crippen LogP contribution in [0.5, 0.6) is 0 Å². The van der Waals surface area contributed by atoms with E-state index in [-0.39, 0.29) is 5.54 Å². The molecule has 1 saturated carbocycles. The van der Waals surface area contributed by atoms with Crippen LogP contribution in [0.2, 0.25) is 0 Å². The van der Waals surface area contributed by atoms with Crippen LogP contribution in [0.3, 0.4) is 0 Å². The number of rotatable bonds is 2. The van der Waals surface area contributed by atoms with Crippen LogP contribution in [0.25, 0.3) is 0 Å². The fourth-order valence-electron chi connectivity index (χ4n) is 2.32. The predicted octanol–water partition coefficient (Wildman–Crippen LogP) is 1.50. The monoisotopic (exact) mass is 193 g/mol. The number of hydrogen-bond donors (Lipinski definition) is 2. The van der Waals surface area contributed by atoms with E-state index in [1.165, 1.54) is 0 Å². The Morgan fingerprint density at radius 3 is 2.36 bits per heavy atom. The van der Waals surface area contributed by atoms with Gasteiger partial charge in [-0.1, -0.05) is 18.0 Å². The number of nitrogens with two attached hydrogens (primary N) is 1. The Morgan fingerprint density at radius 1 is 1.29 bits per heavy atom. The molecule has 0 spiro atoms. The Balaban J connectivity index is 2.41. The average molecular weight is 193 g/mol. The zero-order valence-corrected chi connectivity index (χ0v) is 8.06. The van der Waals surface area contributed by atoms with E-state index in [0.29, 0.717) is 5.84 Å². The summed E-state index contributed by atoms with van der Waals surface area (Å²) in [4.78, 5) is 0. The molecule has 0 amide bonds. The summed E-state index contributed by atoms with van der Waals surface area (Å²) in [6.07, 6.45) is 8.13. The molecule has 0 unspecified atom stereocenters. The highest BCUT2D eigenvalue weighted by molar-refractivity contribution is 5.88. The lowest BCUT2D eigenvalue weighted by molar-refractivity contribution is 0.300. The van der Waals surface area contributed by atoms with Crippen LogP contribution in [0.1, 0.15) is 25.7 Å². The van der Waals surface area contributed by atoms with Crippen LogP contribution in [0, 0.1) is 0 Å². The second-order valence-electron chi connectivity index (χ2n) is 3.81. The average Bonchev–Trinajstić information content (AvgIpc) is 2.86. The Morgan fingerprint density at radius 2 is 1.86 bits per heavy atom. The van der Waals surface area contributed by atoms with Crippen LogP contribution in [-0.4, -0.2) is 15.6 Å². The van der Waals surface area contributed by atoms with Crippen molar-refractivity contribution in [3.05, 3.63) is 24.5 Å². The van der Waals surface area contributed by atoms with Crippen molar-refractivity contribution < 1.29 is 5.21 Å². The zero-order valence-electron chi connectivity index (χ0n) is 8.06. The van der Waals surface area contributed by atoms with Gasteiger partial charge in [0.15, 0.2) is 5.84 Å². The number of nitrogens with zero attached hydrogens (tertiary/aromatic N) is 2. The van der Waals surface area contributed by atoms with Crippen LogP contribution in [0.15, 0.2) is 29.7 Å². The van der Waals surface area contributed by atoms with Crippen molar-refractivity contribution in [2.45, 2.75) is 31.2 Å². The molecule has 4 heteroatoms. The highest BCUT2D eigenvalue weighted by atomic mass is 16.4. The largest absolute Gasteiger partial charge is 0.409 e. The lowest BCUT2D eigenvalue weighted by Crippen LogP contribution is -2.43. The minimum absolute atomic E-state index is 0.280. The van der Waals surface area contributed by atoms with Crippen LogP contribution >= 0.6 is 0 Å². The van der Waals surface area contributed by atoms with E-state index in [4.69, 9.17) is 10.9 Å². The van der Waals surface area contributed by atoms with Crippen molar-refractivity contribution in [3.63, 3.8) is 0 Å². The Labute approximate surface area is 83.0 Å². The van der Waals surface area contributed by atoms with E-state index in [1.807, 2.05) is 24.5 Å². The van der Waals surface area contributed by atoms with E-state index in [9.17, 15) is 0 Å². The molecule has 0 radical (unpaired) electrons. The van der Waals surface area contributed by atoms with Crippen LogP contribution < -0.4 is 5.73 Å². The van der Waals surface area contributed by atoms with E-state index < -0.39 is 0 Å². The smallest absolute Gasteiger partial charge is 0.165 e. The van der Waals surface area contributed by atoms with Crippen molar-refractivity contribution in [1.29, 1.82) is 0 Å².